The van der Waals surface area contributed by atoms with Gasteiger partial charge >= 0.3 is 0 Å². The molecule has 0 unspecified atom stereocenters. The Morgan fingerprint density at radius 3 is 2.51 bits per heavy atom. The van der Waals surface area contributed by atoms with Gasteiger partial charge in [0.25, 0.3) is 0 Å². The number of thiocarbonyl (C=S) groups is 1. The summed E-state index contributed by atoms with van der Waals surface area (Å²) in [5, 5.41) is 3.69. The molecule has 4 rings (SSSR count). The molecule has 1 fully saturated rings. The number of rotatable bonds is 8. The molecule has 0 amide bonds. The van der Waals surface area contributed by atoms with E-state index in [1.807, 2.05) is 25.1 Å². The first-order valence-corrected chi connectivity index (χ1v) is 13.4. The number of morpholine rings is 1. The van der Waals surface area contributed by atoms with E-state index in [2.05, 4.69) is 24.9 Å². The molecule has 35 heavy (non-hydrogen) atoms. The molecule has 0 saturated carbocycles. The summed E-state index contributed by atoms with van der Waals surface area (Å²) in [5.74, 6) is 0.424. The molecule has 2 heterocycles. The zero-order valence-corrected chi connectivity index (χ0v) is 21.2. The quantitative estimate of drug-likeness (QED) is 0.435. The Hall–Kier alpha value is -3.28. The first-order chi connectivity index (χ1) is 16.8. The van der Waals surface area contributed by atoms with Crippen molar-refractivity contribution in [3.8, 4) is 11.3 Å². The van der Waals surface area contributed by atoms with Gasteiger partial charge in [0.05, 0.1) is 37.3 Å². The summed E-state index contributed by atoms with van der Waals surface area (Å²) in [5.41, 5.74) is 4.64. The second-order valence-electron chi connectivity index (χ2n) is 7.89. The maximum Gasteiger partial charge on any atom is 0.229 e. The van der Waals surface area contributed by atoms with Crippen LogP contribution in [-0.4, -0.2) is 62.6 Å². The van der Waals surface area contributed by atoms with Gasteiger partial charge in [0, 0.05) is 41.9 Å². The summed E-state index contributed by atoms with van der Waals surface area (Å²) in [6.07, 6.45) is 2.78. The molecule has 0 radical (unpaired) electrons. The van der Waals surface area contributed by atoms with Gasteiger partial charge in [-0.15, -0.1) is 0 Å². The van der Waals surface area contributed by atoms with Crippen molar-refractivity contribution < 1.29 is 17.9 Å². The first-order valence-electron chi connectivity index (χ1n) is 11.1. The summed E-state index contributed by atoms with van der Waals surface area (Å²) in [7, 11) is -3.33. The molecule has 0 bridgehead atoms. The number of hydrogen-bond donors (Lipinski definition) is 2. The minimum atomic E-state index is -3.33. The molecule has 1 saturated heterocycles. The van der Waals surface area contributed by atoms with E-state index in [1.165, 1.54) is 0 Å². The minimum Gasteiger partial charge on any atom is -0.483 e. The molecular formula is C24H27N5O4S2. The maximum absolute atomic E-state index is 11.4. The molecule has 1 aliphatic heterocycles. The lowest BCUT2D eigenvalue weighted by atomic mass is 10.1. The monoisotopic (exact) mass is 513 g/mol. The zero-order valence-electron chi connectivity index (χ0n) is 19.5. The smallest absolute Gasteiger partial charge is 0.229 e. The van der Waals surface area contributed by atoms with Gasteiger partial charge in [-0.2, -0.15) is 0 Å². The molecule has 0 spiro atoms. The predicted molar refractivity (Wildman–Crippen MR) is 142 cm³/mol. The fourth-order valence-electron chi connectivity index (χ4n) is 3.70. The normalized spacial score (nSPS) is 13.8. The Morgan fingerprint density at radius 2 is 1.83 bits per heavy atom. The highest BCUT2D eigenvalue weighted by Gasteiger charge is 2.18. The molecule has 9 nitrogen and oxygen atoms in total. The fourth-order valence-corrected chi connectivity index (χ4v) is 4.54. The van der Waals surface area contributed by atoms with Crippen molar-refractivity contribution in [2.45, 2.75) is 6.92 Å². The highest BCUT2D eigenvalue weighted by molar-refractivity contribution is 7.92. The largest absolute Gasteiger partial charge is 0.483 e. The molecule has 184 valence electrons. The van der Waals surface area contributed by atoms with Crippen molar-refractivity contribution in [2.75, 3.05) is 54.1 Å². The van der Waals surface area contributed by atoms with E-state index >= 15 is 0 Å². The van der Waals surface area contributed by atoms with Crippen molar-refractivity contribution in [1.82, 2.24) is 9.97 Å². The van der Waals surface area contributed by atoms with E-state index in [9.17, 15) is 8.42 Å². The molecule has 2 N–H and O–H groups in total. The number of hydrogen-bond acceptors (Lipinski definition) is 9. The van der Waals surface area contributed by atoms with Crippen LogP contribution in [0.1, 0.15) is 12.5 Å². The number of aromatic nitrogens is 2. The number of nitrogens with one attached hydrogen (secondary N) is 2. The lowest BCUT2D eigenvalue weighted by Crippen LogP contribution is -2.37. The average Bonchev–Trinajstić information content (AvgIpc) is 2.84. The number of benzene rings is 2. The van der Waals surface area contributed by atoms with Crippen LogP contribution < -0.4 is 14.9 Å². The lowest BCUT2D eigenvalue weighted by molar-refractivity contribution is 0.122. The second-order valence-corrected chi connectivity index (χ2v) is 10.0. The second kappa shape index (κ2) is 11.0. The SMILES string of the molecule is CCOC(=S)c1cc(Nc2nccc(-c3ccc(NS(C)(=O)=O)cc3)n2)ccc1N1CCOCC1. The van der Waals surface area contributed by atoms with Crippen molar-refractivity contribution in [1.29, 1.82) is 0 Å². The van der Waals surface area contributed by atoms with E-state index < -0.39 is 10.0 Å². The number of anilines is 4. The Labute approximate surface area is 210 Å². The third kappa shape index (κ3) is 6.65. The lowest BCUT2D eigenvalue weighted by Gasteiger charge is -2.30. The van der Waals surface area contributed by atoms with Crippen LogP contribution in [0, 0.1) is 0 Å². The van der Waals surface area contributed by atoms with Crippen LogP contribution in [0.5, 0.6) is 0 Å². The Bertz CT molecular complexity index is 1290. The van der Waals surface area contributed by atoms with E-state index in [4.69, 9.17) is 21.7 Å². The molecule has 0 atom stereocenters. The highest BCUT2D eigenvalue weighted by Crippen LogP contribution is 2.28. The van der Waals surface area contributed by atoms with Crippen LogP contribution >= 0.6 is 12.2 Å². The third-order valence-electron chi connectivity index (χ3n) is 5.24. The first kappa shape index (κ1) is 24.8. The molecule has 1 aromatic heterocycles. The summed E-state index contributed by atoms with van der Waals surface area (Å²) in [6.45, 7) is 5.32. The minimum absolute atomic E-state index is 0.424. The molecule has 11 heteroatoms. The van der Waals surface area contributed by atoms with Crippen molar-refractivity contribution in [3.05, 3.63) is 60.3 Å². The van der Waals surface area contributed by atoms with Crippen LogP contribution in [0.15, 0.2) is 54.7 Å². The van der Waals surface area contributed by atoms with Gasteiger partial charge in [-0.1, -0.05) is 12.1 Å². The number of ether oxygens (including phenoxy) is 2. The van der Waals surface area contributed by atoms with Crippen LogP contribution in [0.3, 0.4) is 0 Å². The van der Waals surface area contributed by atoms with E-state index in [0.29, 0.717) is 42.2 Å². The number of nitrogens with zero attached hydrogens (tertiary/aromatic N) is 3. The van der Waals surface area contributed by atoms with Crippen molar-refractivity contribution in [3.63, 3.8) is 0 Å². The molecule has 2 aromatic carbocycles. The van der Waals surface area contributed by atoms with E-state index in [-0.39, 0.29) is 0 Å². The third-order valence-corrected chi connectivity index (χ3v) is 6.18. The topological polar surface area (TPSA) is 106 Å². The number of sulfonamides is 1. The van der Waals surface area contributed by atoms with Gasteiger partial charge in [-0.05, 0) is 55.5 Å². The van der Waals surface area contributed by atoms with Gasteiger partial charge in [-0.25, -0.2) is 18.4 Å². The Morgan fingerprint density at radius 1 is 1.11 bits per heavy atom. The molecule has 0 aliphatic carbocycles. The van der Waals surface area contributed by atoms with Crippen molar-refractivity contribution >= 4 is 50.3 Å². The molecule has 1 aliphatic rings. The average molecular weight is 514 g/mol. The highest BCUT2D eigenvalue weighted by atomic mass is 32.2. The van der Waals surface area contributed by atoms with Crippen LogP contribution in [0.4, 0.5) is 23.0 Å². The van der Waals surface area contributed by atoms with E-state index in [1.54, 1.807) is 36.5 Å². The van der Waals surface area contributed by atoms with Gasteiger partial charge in [0.15, 0.2) is 5.05 Å². The molecular weight excluding hydrogens is 486 g/mol. The zero-order chi connectivity index (χ0) is 24.8. The van der Waals surface area contributed by atoms with Crippen molar-refractivity contribution in [2.24, 2.45) is 0 Å². The van der Waals surface area contributed by atoms with Gasteiger partial charge in [-0.3, -0.25) is 4.72 Å². The van der Waals surface area contributed by atoms with Gasteiger partial charge in [0.1, 0.15) is 0 Å². The summed E-state index contributed by atoms with van der Waals surface area (Å²) < 4.78 is 36.4. The Kier molecular flexibility index (Phi) is 7.79. The fraction of sp³-hybridized carbons (Fsp3) is 0.292. The standard InChI is InChI=1S/C24H27N5O4S2/c1-3-33-23(34)20-16-19(8-9-22(20)29-12-14-32-15-13-29)26-24-25-11-10-21(27-24)17-4-6-18(7-5-17)28-35(2,30)31/h4-11,16,28H,3,12-15H2,1-2H3,(H,25,26,27). The van der Waals surface area contributed by atoms with Crippen LogP contribution in [0.2, 0.25) is 0 Å². The van der Waals surface area contributed by atoms with E-state index in [0.717, 1.165) is 41.8 Å². The van der Waals surface area contributed by atoms with Crippen LogP contribution in [0.25, 0.3) is 11.3 Å². The predicted octanol–water partition coefficient (Wildman–Crippen LogP) is 3.81. The van der Waals surface area contributed by atoms with Gasteiger partial charge in [0.2, 0.25) is 16.0 Å². The van der Waals surface area contributed by atoms with Crippen LogP contribution in [-0.2, 0) is 19.5 Å². The summed E-state index contributed by atoms with van der Waals surface area (Å²) >= 11 is 5.55. The van der Waals surface area contributed by atoms with Gasteiger partial charge < -0.3 is 19.7 Å². The summed E-state index contributed by atoms with van der Waals surface area (Å²) in [4.78, 5) is 11.2. The molecule has 3 aromatic rings. The Balaban J connectivity index is 1.56. The maximum atomic E-state index is 11.4. The summed E-state index contributed by atoms with van der Waals surface area (Å²) in [6, 6.07) is 14.7.